The van der Waals surface area contributed by atoms with Gasteiger partial charge in [-0.1, -0.05) is 13.3 Å². The van der Waals surface area contributed by atoms with E-state index in [1.165, 1.54) is 6.42 Å². The number of anilines is 1. The highest BCUT2D eigenvalue weighted by Gasteiger charge is 2.29. The smallest absolute Gasteiger partial charge is 0.282 e. The first kappa shape index (κ1) is 16.8. The third-order valence-corrected chi connectivity index (χ3v) is 4.42. The number of quaternary nitrogens is 1. The van der Waals surface area contributed by atoms with E-state index < -0.39 is 29.4 Å². The number of amides is 1. The van der Waals surface area contributed by atoms with Crippen molar-refractivity contribution in [1.29, 1.82) is 0 Å². The first-order chi connectivity index (χ1) is 10.4. The Hall–Kier alpha value is -1.56. The number of benzene rings is 1. The molecule has 2 rings (SSSR count). The van der Waals surface area contributed by atoms with Gasteiger partial charge in [-0.25, -0.2) is 13.2 Å². The first-order valence-corrected chi connectivity index (χ1v) is 7.69. The summed E-state index contributed by atoms with van der Waals surface area (Å²) in [6, 6.07) is 1.77. The van der Waals surface area contributed by atoms with E-state index in [-0.39, 0.29) is 5.69 Å². The van der Waals surface area contributed by atoms with Crippen LogP contribution in [-0.2, 0) is 4.79 Å². The number of hydrogen-bond acceptors (Lipinski definition) is 1. The molecule has 1 aliphatic carbocycles. The van der Waals surface area contributed by atoms with Gasteiger partial charge in [0.15, 0.2) is 23.5 Å². The number of nitrogens with two attached hydrogens (primary N) is 1. The number of halogens is 3. The third kappa shape index (κ3) is 3.80. The summed E-state index contributed by atoms with van der Waals surface area (Å²) in [7, 11) is 0. The van der Waals surface area contributed by atoms with Gasteiger partial charge in [-0.05, 0) is 38.3 Å². The van der Waals surface area contributed by atoms with Gasteiger partial charge in [0.1, 0.15) is 0 Å². The largest absolute Gasteiger partial charge is 0.334 e. The molecule has 0 unspecified atom stereocenters. The van der Waals surface area contributed by atoms with Crippen molar-refractivity contribution in [3.8, 4) is 0 Å². The van der Waals surface area contributed by atoms with Gasteiger partial charge in [0.25, 0.3) is 5.91 Å². The number of rotatable bonds is 4. The maximum absolute atomic E-state index is 13.6. The Balaban J connectivity index is 1.98. The van der Waals surface area contributed by atoms with E-state index in [1.807, 2.05) is 5.32 Å². The van der Waals surface area contributed by atoms with Crippen LogP contribution in [0.2, 0.25) is 0 Å². The monoisotopic (exact) mass is 315 g/mol. The van der Waals surface area contributed by atoms with E-state index in [4.69, 9.17) is 0 Å². The summed E-state index contributed by atoms with van der Waals surface area (Å²) >= 11 is 0. The summed E-state index contributed by atoms with van der Waals surface area (Å²) < 4.78 is 39.6. The molecule has 1 aromatic rings. The van der Waals surface area contributed by atoms with Crippen LogP contribution in [0, 0.1) is 23.4 Å². The van der Waals surface area contributed by atoms with Gasteiger partial charge in [-0.3, -0.25) is 4.79 Å². The van der Waals surface area contributed by atoms with Gasteiger partial charge < -0.3 is 10.6 Å². The lowest BCUT2D eigenvalue weighted by molar-refractivity contribution is -0.714. The number of carbonyl (C=O) groups is 1. The quantitative estimate of drug-likeness (QED) is 0.824. The van der Waals surface area contributed by atoms with Crippen molar-refractivity contribution < 1.29 is 23.3 Å². The van der Waals surface area contributed by atoms with Crippen LogP contribution < -0.4 is 10.6 Å². The average Bonchev–Trinajstić information content (AvgIpc) is 2.50. The summed E-state index contributed by atoms with van der Waals surface area (Å²) in [5.74, 6) is -4.10. The molecule has 1 fully saturated rings. The molecule has 6 heteroatoms. The molecule has 122 valence electrons. The minimum Gasteiger partial charge on any atom is -0.334 e. The molecule has 1 amide bonds. The molecule has 0 saturated heterocycles. The highest BCUT2D eigenvalue weighted by atomic mass is 19.2. The minimum atomic E-state index is -1.57. The molecule has 0 spiro atoms. The first-order valence-electron chi connectivity index (χ1n) is 7.69. The predicted octanol–water partition coefficient (Wildman–Crippen LogP) is 2.57. The van der Waals surface area contributed by atoms with Crippen molar-refractivity contribution in [2.24, 2.45) is 5.92 Å². The highest BCUT2D eigenvalue weighted by molar-refractivity contribution is 5.93. The van der Waals surface area contributed by atoms with Crippen molar-refractivity contribution in [2.75, 3.05) is 5.32 Å². The molecule has 0 radical (unpaired) electrons. The number of hydrogen-bond donors (Lipinski definition) is 2. The van der Waals surface area contributed by atoms with Crippen LogP contribution in [-0.4, -0.2) is 18.0 Å². The molecule has 0 aromatic heterocycles. The maximum Gasteiger partial charge on any atom is 0.282 e. The molecule has 1 aliphatic rings. The normalized spacial score (nSPS) is 23.1. The molecule has 3 N–H and O–H groups in total. The van der Waals surface area contributed by atoms with Crippen molar-refractivity contribution >= 4 is 11.6 Å². The number of nitrogens with one attached hydrogen (secondary N) is 1. The summed E-state index contributed by atoms with van der Waals surface area (Å²) in [5.41, 5.74) is -0.333. The van der Waals surface area contributed by atoms with Crippen LogP contribution >= 0.6 is 0 Å². The Morgan fingerprint density at radius 1 is 1.23 bits per heavy atom. The Bertz CT molecular complexity index is 550. The summed E-state index contributed by atoms with van der Waals surface area (Å²) in [4.78, 5) is 12.1. The van der Waals surface area contributed by atoms with Crippen LogP contribution in [0.4, 0.5) is 18.9 Å². The van der Waals surface area contributed by atoms with E-state index in [0.717, 1.165) is 31.4 Å². The van der Waals surface area contributed by atoms with E-state index in [9.17, 15) is 18.0 Å². The van der Waals surface area contributed by atoms with Crippen molar-refractivity contribution in [3.05, 3.63) is 29.6 Å². The molecule has 22 heavy (non-hydrogen) atoms. The Kier molecular flexibility index (Phi) is 5.45. The lowest BCUT2D eigenvalue weighted by Crippen LogP contribution is -2.97. The molecule has 0 heterocycles. The lowest BCUT2D eigenvalue weighted by atomic mass is 9.85. The zero-order valence-electron chi connectivity index (χ0n) is 12.8. The van der Waals surface area contributed by atoms with Crippen molar-refractivity contribution in [1.82, 2.24) is 0 Å². The van der Waals surface area contributed by atoms with Crippen LogP contribution in [0.5, 0.6) is 0 Å². The molecular formula is C16H22F3N2O+. The molecular weight excluding hydrogens is 293 g/mol. The molecule has 1 saturated carbocycles. The Morgan fingerprint density at radius 2 is 1.91 bits per heavy atom. The van der Waals surface area contributed by atoms with Gasteiger partial charge in [0, 0.05) is 5.92 Å². The van der Waals surface area contributed by atoms with Gasteiger partial charge in [-0.15, -0.1) is 0 Å². The zero-order chi connectivity index (χ0) is 16.3. The van der Waals surface area contributed by atoms with Crippen LogP contribution in [0.25, 0.3) is 0 Å². The summed E-state index contributed by atoms with van der Waals surface area (Å²) in [6.07, 6.45) is 4.56. The fraction of sp³-hybridized carbons (Fsp3) is 0.562. The zero-order valence-corrected chi connectivity index (χ0v) is 12.8. The highest BCUT2D eigenvalue weighted by Crippen LogP contribution is 2.22. The Morgan fingerprint density at radius 3 is 2.59 bits per heavy atom. The van der Waals surface area contributed by atoms with Gasteiger partial charge in [0.05, 0.1) is 11.7 Å². The lowest BCUT2D eigenvalue weighted by Gasteiger charge is -2.28. The second-order valence-corrected chi connectivity index (χ2v) is 6.12. The van der Waals surface area contributed by atoms with Crippen LogP contribution in [0.1, 0.15) is 39.5 Å². The van der Waals surface area contributed by atoms with Gasteiger partial charge >= 0.3 is 0 Å². The fourth-order valence-electron chi connectivity index (χ4n) is 2.96. The summed E-state index contributed by atoms with van der Waals surface area (Å²) in [6.45, 7) is 3.90. The SMILES string of the molecule is C[C@H]([NH2+][C@@H]1CCCC[C@H]1C)C(=O)Nc1ccc(F)c(F)c1F. The fourth-order valence-corrected chi connectivity index (χ4v) is 2.96. The van der Waals surface area contributed by atoms with E-state index in [1.54, 1.807) is 6.92 Å². The topological polar surface area (TPSA) is 45.7 Å². The van der Waals surface area contributed by atoms with E-state index in [2.05, 4.69) is 12.2 Å². The van der Waals surface area contributed by atoms with Gasteiger partial charge in [0.2, 0.25) is 0 Å². The standard InChI is InChI=1S/C16H21F3N2O/c1-9-5-3-4-6-12(9)20-10(2)16(22)21-13-8-7-11(17)14(18)15(13)19/h7-10,12,20H,3-6H2,1-2H3,(H,21,22)/p+1/t9-,10+,12-/m1/s1. The average molecular weight is 315 g/mol. The number of carbonyl (C=O) groups excluding carboxylic acids is 1. The molecule has 3 atom stereocenters. The second kappa shape index (κ2) is 7.13. The van der Waals surface area contributed by atoms with Crippen molar-refractivity contribution in [3.63, 3.8) is 0 Å². The third-order valence-electron chi connectivity index (χ3n) is 4.42. The minimum absolute atomic E-state index is 0.333. The molecule has 3 nitrogen and oxygen atoms in total. The van der Waals surface area contributed by atoms with Crippen molar-refractivity contribution in [2.45, 2.75) is 51.6 Å². The maximum atomic E-state index is 13.6. The van der Waals surface area contributed by atoms with E-state index in [0.29, 0.717) is 12.0 Å². The Labute approximate surface area is 128 Å². The summed E-state index contributed by atoms with van der Waals surface area (Å²) in [5, 5.41) is 4.31. The van der Waals surface area contributed by atoms with Crippen LogP contribution in [0.3, 0.4) is 0 Å². The molecule has 0 bridgehead atoms. The van der Waals surface area contributed by atoms with Crippen LogP contribution in [0.15, 0.2) is 12.1 Å². The second-order valence-electron chi connectivity index (χ2n) is 6.12. The predicted molar refractivity (Wildman–Crippen MR) is 77.8 cm³/mol. The van der Waals surface area contributed by atoms with E-state index >= 15 is 0 Å². The molecule has 1 aromatic carbocycles. The molecule has 0 aliphatic heterocycles. The van der Waals surface area contributed by atoms with Gasteiger partial charge in [-0.2, -0.15) is 0 Å².